The van der Waals surface area contributed by atoms with Crippen LogP contribution in [0.15, 0.2) is 91.0 Å². The summed E-state index contributed by atoms with van der Waals surface area (Å²) in [6.07, 6.45) is 11.6. The average molecular weight is 513 g/mol. The summed E-state index contributed by atoms with van der Waals surface area (Å²) < 4.78 is 0. The van der Waals surface area contributed by atoms with Gasteiger partial charge in [-0.2, -0.15) is 0 Å². The highest BCUT2D eigenvalue weighted by atomic mass is 16.2. The van der Waals surface area contributed by atoms with E-state index in [-0.39, 0.29) is 17.3 Å². The van der Waals surface area contributed by atoms with Gasteiger partial charge in [-0.05, 0) is 12.8 Å². The zero-order chi connectivity index (χ0) is 27.4. The van der Waals surface area contributed by atoms with Gasteiger partial charge in [-0.15, -0.1) is 0 Å². The van der Waals surface area contributed by atoms with Crippen LogP contribution in [0.1, 0.15) is 116 Å². The van der Waals surface area contributed by atoms with Crippen LogP contribution in [-0.4, -0.2) is 17.3 Å². The molecule has 0 saturated carbocycles. The van der Waals surface area contributed by atoms with Crippen LogP contribution in [0.4, 0.5) is 0 Å². The van der Waals surface area contributed by atoms with E-state index in [0.29, 0.717) is 24.0 Å². The second-order valence-electron chi connectivity index (χ2n) is 9.82. The fourth-order valence-corrected chi connectivity index (χ4v) is 4.42. The maximum Gasteiger partial charge on any atom is 0.173 e. The Bertz CT molecular complexity index is 1010. The monoisotopic (exact) mass is 512 g/mol. The van der Waals surface area contributed by atoms with Crippen molar-refractivity contribution in [3.05, 3.63) is 108 Å². The summed E-state index contributed by atoms with van der Waals surface area (Å²) in [5.41, 5.74) is 2.10. The highest BCUT2D eigenvalue weighted by Crippen LogP contribution is 2.22. The van der Waals surface area contributed by atoms with Gasteiger partial charge < -0.3 is 0 Å². The van der Waals surface area contributed by atoms with Crippen LogP contribution in [0.5, 0.6) is 0 Å². The minimum atomic E-state index is -0.573. The molecule has 38 heavy (non-hydrogen) atoms. The van der Waals surface area contributed by atoms with Gasteiger partial charge >= 0.3 is 0 Å². The van der Waals surface area contributed by atoms with Crippen molar-refractivity contribution in [2.45, 2.75) is 84.5 Å². The first kappa shape index (κ1) is 30.9. The van der Waals surface area contributed by atoms with Crippen molar-refractivity contribution >= 4 is 17.3 Å². The van der Waals surface area contributed by atoms with Crippen molar-refractivity contribution in [3.8, 4) is 0 Å². The highest BCUT2D eigenvalue weighted by molar-refractivity contribution is 6.16. The van der Waals surface area contributed by atoms with Crippen molar-refractivity contribution in [1.82, 2.24) is 0 Å². The van der Waals surface area contributed by atoms with Crippen LogP contribution in [0.2, 0.25) is 0 Å². The maximum absolute atomic E-state index is 12.9. The number of Topliss-reactive ketones (excluding diaryl/α,β-unsaturated/α-hetero) is 3. The quantitative estimate of drug-likeness (QED) is 0.109. The van der Waals surface area contributed by atoms with Gasteiger partial charge in [0, 0.05) is 23.1 Å². The Hall–Kier alpha value is -3.33. The van der Waals surface area contributed by atoms with Crippen LogP contribution in [0.3, 0.4) is 0 Å². The lowest BCUT2D eigenvalue weighted by Gasteiger charge is -2.15. The molecule has 0 radical (unpaired) electrons. The molecule has 0 saturated heterocycles. The molecule has 0 amide bonds. The fraction of sp³-hybridized carbons (Fsp3) is 0.400. The number of hydrogen-bond acceptors (Lipinski definition) is 3. The normalized spacial score (nSPS) is 10.5. The summed E-state index contributed by atoms with van der Waals surface area (Å²) >= 11 is 0. The standard InChI is InChI=1S/C23H28O2.C12H16O/c1-2-3-4-5-6-13-18-21(22(24)19-14-9-7-10-15-19)23(25)20-16-11-8-12-17-20;1-2-3-5-10-12(13)11-8-6-4-7-9-11/h7-12,14-17,21H,2-6,13,18H2,1H3;4,6-9H,2-3,5,10H2,1H3. The Labute approximate surface area is 229 Å². The molecule has 202 valence electrons. The lowest BCUT2D eigenvalue weighted by atomic mass is 9.86. The molecule has 0 heterocycles. The first-order valence-corrected chi connectivity index (χ1v) is 14.3. The van der Waals surface area contributed by atoms with E-state index in [1.165, 1.54) is 32.1 Å². The van der Waals surface area contributed by atoms with Crippen molar-refractivity contribution in [3.63, 3.8) is 0 Å². The Balaban J connectivity index is 0.000000328. The van der Waals surface area contributed by atoms with Gasteiger partial charge in [-0.1, -0.05) is 156 Å². The third kappa shape index (κ3) is 11.4. The molecule has 0 aliphatic carbocycles. The molecule has 0 aromatic heterocycles. The lowest BCUT2D eigenvalue weighted by Crippen LogP contribution is -2.24. The predicted octanol–water partition coefficient (Wildman–Crippen LogP) is 9.57. The van der Waals surface area contributed by atoms with Crippen LogP contribution in [0, 0.1) is 5.92 Å². The topological polar surface area (TPSA) is 51.2 Å². The summed E-state index contributed by atoms with van der Waals surface area (Å²) in [4.78, 5) is 37.3. The summed E-state index contributed by atoms with van der Waals surface area (Å²) in [6, 6.07) is 27.9. The molecule has 0 unspecified atom stereocenters. The van der Waals surface area contributed by atoms with Crippen molar-refractivity contribution in [1.29, 1.82) is 0 Å². The molecule has 3 aromatic rings. The predicted molar refractivity (Wildman–Crippen MR) is 158 cm³/mol. The van der Waals surface area contributed by atoms with Gasteiger partial charge in [-0.25, -0.2) is 0 Å². The Morgan fingerprint density at radius 2 is 0.895 bits per heavy atom. The van der Waals surface area contributed by atoms with E-state index in [2.05, 4.69) is 13.8 Å². The highest BCUT2D eigenvalue weighted by Gasteiger charge is 2.27. The summed E-state index contributed by atoms with van der Waals surface area (Å²) in [6.45, 7) is 4.35. The van der Waals surface area contributed by atoms with Gasteiger partial charge in [0.1, 0.15) is 0 Å². The van der Waals surface area contributed by atoms with Crippen LogP contribution >= 0.6 is 0 Å². The van der Waals surface area contributed by atoms with E-state index in [9.17, 15) is 14.4 Å². The molecule has 0 aliphatic rings. The number of unbranched alkanes of at least 4 members (excludes halogenated alkanes) is 7. The molecule has 3 rings (SSSR count). The Morgan fingerprint density at radius 3 is 1.37 bits per heavy atom. The van der Waals surface area contributed by atoms with E-state index in [4.69, 9.17) is 0 Å². The SMILES string of the molecule is CCCCCC(=O)c1ccccc1.CCCCCCCCC(C(=O)c1ccccc1)C(=O)c1ccccc1. The first-order chi connectivity index (χ1) is 18.6. The summed E-state index contributed by atoms with van der Waals surface area (Å²) in [5.74, 6) is -0.406. The van der Waals surface area contributed by atoms with Gasteiger partial charge in [0.25, 0.3) is 0 Å². The largest absolute Gasteiger partial charge is 0.294 e. The maximum atomic E-state index is 12.9. The van der Waals surface area contributed by atoms with E-state index in [0.717, 1.165) is 31.2 Å². The number of hydrogen-bond donors (Lipinski definition) is 0. The van der Waals surface area contributed by atoms with Gasteiger partial charge in [0.2, 0.25) is 0 Å². The molecule has 0 spiro atoms. The van der Waals surface area contributed by atoms with Crippen molar-refractivity contribution in [2.24, 2.45) is 5.92 Å². The molecular formula is C35H44O3. The number of benzene rings is 3. The van der Waals surface area contributed by atoms with Gasteiger partial charge in [-0.3, -0.25) is 14.4 Å². The van der Waals surface area contributed by atoms with E-state index in [1.807, 2.05) is 66.7 Å². The van der Waals surface area contributed by atoms with E-state index in [1.54, 1.807) is 24.3 Å². The van der Waals surface area contributed by atoms with E-state index < -0.39 is 5.92 Å². The summed E-state index contributed by atoms with van der Waals surface area (Å²) in [5, 5.41) is 0. The lowest BCUT2D eigenvalue weighted by molar-refractivity contribution is 0.0796. The average Bonchev–Trinajstić information content (AvgIpc) is 2.98. The Kier molecular flexibility index (Phi) is 15.3. The third-order valence-electron chi connectivity index (χ3n) is 6.70. The second-order valence-corrected chi connectivity index (χ2v) is 9.82. The first-order valence-electron chi connectivity index (χ1n) is 14.3. The molecule has 0 fully saturated rings. The number of rotatable bonds is 16. The van der Waals surface area contributed by atoms with Crippen LogP contribution in [-0.2, 0) is 0 Å². The van der Waals surface area contributed by atoms with Gasteiger partial charge in [0.15, 0.2) is 17.3 Å². The molecule has 3 heteroatoms. The Morgan fingerprint density at radius 1 is 0.500 bits per heavy atom. The van der Waals surface area contributed by atoms with Crippen molar-refractivity contribution in [2.75, 3.05) is 0 Å². The molecule has 0 atom stereocenters. The third-order valence-corrected chi connectivity index (χ3v) is 6.70. The number of ketones is 3. The fourth-order valence-electron chi connectivity index (χ4n) is 4.42. The van der Waals surface area contributed by atoms with E-state index >= 15 is 0 Å². The van der Waals surface area contributed by atoms with Crippen LogP contribution < -0.4 is 0 Å². The second kappa shape index (κ2) is 18.8. The molecule has 3 nitrogen and oxygen atoms in total. The van der Waals surface area contributed by atoms with Gasteiger partial charge in [0.05, 0.1) is 5.92 Å². The smallest absolute Gasteiger partial charge is 0.173 e. The zero-order valence-corrected chi connectivity index (χ0v) is 23.2. The number of carbonyl (C=O) groups is 3. The molecular weight excluding hydrogens is 468 g/mol. The molecule has 3 aromatic carbocycles. The summed E-state index contributed by atoms with van der Waals surface area (Å²) in [7, 11) is 0. The molecule has 0 aliphatic heterocycles. The van der Waals surface area contributed by atoms with Crippen molar-refractivity contribution < 1.29 is 14.4 Å². The molecule has 0 bridgehead atoms. The number of carbonyl (C=O) groups excluding carboxylic acids is 3. The minimum absolute atomic E-state index is 0.0528. The zero-order valence-electron chi connectivity index (χ0n) is 23.2. The molecule has 0 N–H and O–H groups in total. The minimum Gasteiger partial charge on any atom is -0.294 e. The van der Waals surface area contributed by atoms with Crippen LogP contribution in [0.25, 0.3) is 0 Å².